The Balaban J connectivity index is 1.67. The molecule has 0 amide bonds. The second kappa shape index (κ2) is 9.75. The molecule has 35 heavy (non-hydrogen) atoms. The van der Waals surface area contributed by atoms with Gasteiger partial charge in [-0.3, -0.25) is 9.47 Å². The Kier molecular flexibility index (Phi) is 7.08. The van der Waals surface area contributed by atoms with Gasteiger partial charge < -0.3 is 9.64 Å². The Labute approximate surface area is 206 Å². The minimum atomic E-state index is -4.37. The molecule has 0 bridgehead atoms. The first-order valence-electron chi connectivity index (χ1n) is 11.2. The second-order valence-corrected chi connectivity index (χ2v) is 9.27. The maximum atomic E-state index is 13.0. The Morgan fingerprint density at radius 2 is 1.83 bits per heavy atom. The van der Waals surface area contributed by atoms with Gasteiger partial charge in [-0.2, -0.15) is 18.2 Å². The molecule has 1 aliphatic rings. The first-order valence-corrected chi connectivity index (χ1v) is 11.6. The highest BCUT2D eigenvalue weighted by atomic mass is 35.5. The van der Waals surface area contributed by atoms with Gasteiger partial charge in [-0.05, 0) is 43.7 Å². The number of aromatic nitrogens is 3. The van der Waals surface area contributed by atoms with Crippen LogP contribution in [0.2, 0.25) is 5.15 Å². The van der Waals surface area contributed by atoms with E-state index in [2.05, 4.69) is 14.9 Å². The van der Waals surface area contributed by atoms with Crippen LogP contribution >= 0.6 is 11.6 Å². The van der Waals surface area contributed by atoms with Gasteiger partial charge in [0, 0.05) is 39.3 Å². The molecule has 7 nitrogen and oxygen atoms in total. The van der Waals surface area contributed by atoms with Gasteiger partial charge in [0.25, 0.3) is 0 Å². The predicted molar refractivity (Wildman–Crippen MR) is 129 cm³/mol. The van der Waals surface area contributed by atoms with Crippen LogP contribution in [0.25, 0.3) is 11.0 Å². The second-order valence-electron chi connectivity index (χ2n) is 8.88. The minimum absolute atomic E-state index is 0.000455. The van der Waals surface area contributed by atoms with E-state index in [0.29, 0.717) is 41.7 Å². The number of hydrogen-bond donors (Lipinski definition) is 0. The molecule has 2 aromatic heterocycles. The number of anilines is 1. The van der Waals surface area contributed by atoms with Crippen LogP contribution in [-0.2, 0) is 18.0 Å². The van der Waals surface area contributed by atoms with Crippen LogP contribution in [0, 0.1) is 0 Å². The fourth-order valence-electron chi connectivity index (χ4n) is 4.72. The third-order valence-corrected chi connectivity index (χ3v) is 6.85. The molecule has 3 atom stereocenters. The predicted octanol–water partition coefficient (Wildman–Crippen LogP) is 4.29. The van der Waals surface area contributed by atoms with E-state index >= 15 is 0 Å². The summed E-state index contributed by atoms with van der Waals surface area (Å²) in [5.74, 6) is 0.446. The lowest BCUT2D eigenvalue weighted by atomic mass is 9.99. The number of piperazine rings is 1. The standard InChI is InChI=1S/C24H27ClF3N5O2/c1-14-11-33(22-21-19(9-10-20(25)29-21)31(3)23(34)30-22)18(13-35-4)12-32(14)15(2)16-5-7-17(8-6-16)24(26,27)28/h5-10,14-15,18H,11-13H2,1-4H3/t14-,15?,18-/m1/s1. The summed E-state index contributed by atoms with van der Waals surface area (Å²) < 4.78 is 45.9. The van der Waals surface area contributed by atoms with Crippen LogP contribution in [0.3, 0.4) is 0 Å². The summed E-state index contributed by atoms with van der Waals surface area (Å²) in [6.45, 7) is 5.45. The molecular weight excluding hydrogens is 483 g/mol. The summed E-state index contributed by atoms with van der Waals surface area (Å²) >= 11 is 6.17. The molecule has 0 spiro atoms. The van der Waals surface area contributed by atoms with Crippen LogP contribution < -0.4 is 10.6 Å². The molecule has 1 saturated heterocycles. The lowest BCUT2D eigenvalue weighted by molar-refractivity contribution is -0.137. The molecule has 1 aliphatic heterocycles. The van der Waals surface area contributed by atoms with Crippen molar-refractivity contribution in [2.45, 2.75) is 38.1 Å². The molecule has 0 N–H and O–H groups in total. The summed E-state index contributed by atoms with van der Waals surface area (Å²) in [7, 11) is 3.24. The van der Waals surface area contributed by atoms with Gasteiger partial charge in [-0.25, -0.2) is 9.78 Å². The van der Waals surface area contributed by atoms with Gasteiger partial charge in [0.2, 0.25) is 0 Å². The van der Waals surface area contributed by atoms with Gasteiger partial charge in [-0.1, -0.05) is 23.7 Å². The van der Waals surface area contributed by atoms with Gasteiger partial charge >= 0.3 is 11.9 Å². The number of benzene rings is 1. The highest BCUT2D eigenvalue weighted by Crippen LogP contribution is 2.34. The van der Waals surface area contributed by atoms with Gasteiger partial charge in [0.15, 0.2) is 5.82 Å². The molecule has 4 rings (SSSR count). The van der Waals surface area contributed by atoms with E-state index in [4.69, 9.17) is 16.3 Å². The van der Waals surface area contributed by atoms with Crippen molar-refractivity contribution in [3.8, 4) is 0 Å². The van der Waals surface area contributed by atoms with Gasteiger partial charge in [-0.15, -0.1) is 0 Å². The average molecular weight is 510 g/mol. The lowest BCUT2D eigenvalue weighted by Gasteiger charge is -2.48. The summed E-state index contributed by atoms with van der Waals surface area (Å²) in [5.41, 5.74) is 0.866. The number of hydrogen-bond acceptors (Lipinski definition) is 6. The zero-order chi connectivity index (χ0) is 25.5. The third-order valence-electron chi connectivity index (χ3n) is 6.64. The van der Waals surface area contributed by atoms with Gasteiger partial charge in [0.1, 0.15) is 10.7 Å². The van der Waals surface area contributed by atoms with Crippen molar-refractivity contribution in [2.24, 2.45) is 7.05 Å². The Bertz CT molecular complexity index is 1260. The Morgan fingerprint density at radius 1 is 1.14 bits per heavy atom. The summed E-state index contributed by atoms with van der Waals surface area (Å²) in [6, 6.07) is 8.36. The monoisotopic (exact) mass is 509 g/mol. The smallest absolute Gasteiger partial charge is 0.383 e. The summed E-state index contributed by atoms with van der Waals surface area (Å²) in [6.07, 6.45) is -4.37. The third kappa shape index (κ3) is 5.00. The van der Waals surface area contributed by atoms with E-state index in [1.54, 1.807) is 26.3 Å². The molecular formula is C24H27ClF3N5O2. The largest absolute Gasteiger partial charge is 0.416 e. The molecule has 1 fully saturated rings. The number of fused-ring (bicyclic) bond motifs is 1. The molecule has 3 aromatic rings. The number of halogens is 4. The highest BCUT2D eigenvalue weighted by Gasteiger charge is 2.37. The SMILES string of the molecule is COC[C@H]1CN(C(C)c2ccc(C(F)(F)F)cc2)[C@H](C)CN1c1nc(=O)n(C)c2ccc(Cl)nc12. The molecule has 1 unspecified atom stereocenters. The molecule has 3 heterocycles. The van der Waals surface area contributed by atoms with Crippen LogP contribution in [0.4, 0.5) is 19.0 Å². The molecule has 0 aliphatic carbocycles. The molecule has 0 radical (unpaired) electrons. The molecule has 0 saturated carbocycles. The van der Waals surface area contributed by atoms with Crippen LogP contribution in [0.5, 0.6) is 0 Å². The number of aryl methyl sites for hydroxylation is 1. The fourth-order valence-corrected chi connectivity index (χ4v) is 4.87. The number of nitrogens with zero attached hydrogens (tertiary/aromatic N) is 5. The van der Waals surface area contributed by atoms with Crippen molar-refractivity contribution in [1.82, 2.24) is 19.4 Å². The number of ether oxygens (including phenoxy) is 1. The average Bonchev–Trinajstić information content (AvgIpc) is 2.81. The van der Waals surface area contributed by atoms with Crippen molar-refractivity contribution < 1.29 is 17.9 Å². The first kappa shape index (κ1) is 25.4. The molecule has 188 valence electrons. The van der Waals surface area contributed by atoms with E-state index in [1.165, 1.54) is 16.7 Å². The zero-order valence-corrected chi connectivity index (χ0v) is 20.6. The summed E-state index contributed by atoms with van der Waals surface area (Å²) in [5, 5.41) is 0.296. The lowest BCUT2D eigenvalue weighted by Crippen LogP contribution is -2.60. The number of pyridine rings is 1. The number of alkyl halides is 3. The van der Waals surface area contributed by atoms with E-state index < -0.39 is 17.4 Å². The maximum Gasteiger partial charge on any atom is 0.416 e. The van der Waals surface area contributed by atoms with Crippen LogP contribution in [0.15, 0.2) is 41.2 Å². The number of methoxy groups -OCH3 is 1. The zero-order valence-electron chi connectivity index (χ0n) is 19.9. The van der Waals surface area contributed by atoms with Crippen molar-refractivity contribution in [3.63, 3.8) is 0 Å². The van der Waals surface area contributed by atoms with E-state index in [-0.39, 0.29) is 18.1 Å². The van der Waals surface area contributed by atoms with E-state index in [1.807, 2.05) is 18.7 Å². The van der Waals surface area contributed by atoms with Crippen molar-refractivity contribution in [1.29, 1.82) is 0 Å². The maximum absolute atomic E-state index is 13.0. The topological polar surface area (TPSA) is 63.5 Å². The molecule has 1 aromatic carbocycles. The van der Waals surface area contributed by atoms with Gasteiger partial charge in [0.05, 0.1) is 23.7 Å². The van der Waals surface area contributed by atoms with Crippen LogP contribution in [0.1, 0.15) is 31.0 Å². The Morgan fingerprint density at radius 3 is 2.46 bits per heavy atom. The first-order chi connectivity index (χ1) is 16.5. The van der Waals surface area contributed by atoms with E-state index in [9.17, 15) is 18.0 Å². The molecule has 11 heteroatoms. The van der Waals surface area contributed by atoms with Crippen molar-refractivity contribution >= 4 is 28.5 Å². The fraction of sp³-hybridized carbons (Fsp3) is 0.458. The normalized spacial score (nSPS) is 20.4. The van der Waals surface area contributed by atoms with Crippen molar-refractivity contribution in [2.75, 3.05) is 31.7 Å². The quantitative estimate of drug-likeness (QED) is 0.478. The van der Waals surface area contributed by atoms with Crippen LogP contribution in [-0.4, -0.2) is 58.3 Å². The Hall–Kier alpha value is -2.69. The number of rotatable bonds is 5. The van der Waals surface area contributed by atoms with E-state index in [0.717, 1.165) is 17.7 Å². The van der Waals surface area contributed by atoms with Crippen molar-refractivity contribution in [3.05, 3.63) is 63.2 Å². The highest BCUT2D eigenvalue weighted by molar-refractivity contribution is 6.29. The summed E-state index contributed by atoms with van der Waals surface area (Å²) in [4.78, 5) is 25.7. The minimum Gasteiger partial charge on any atom is -0.383 e.